The third-order valence-electron chi connectivity index (χ3n) is 3.43. The number of carboxylic acid groups (broad SMARTS) is 1. The number of hydrogen-bond donors (Lipinski definition) is 0. The summed E-state index contributed by atoms with van der Waals surface area (Å²) in [6.45, 7) is 1.94. The van der Waals surface area contributed by atoms with E-state index in [1.807, 2.05) is 6.92 Å². The zero-order chi connectivity index (χ0) is 13.2. The van der Waals surface area contributed by atoms with Crippen LogP contribution < -0.4 is 9.84 Å². The van der Waals surface area contributed by atoms with Gasteiger partial charge in [-0.05, 0) is 50.8 Å². The van der Waals surface area contributed by atoms with Crippen molar-refractivity contribution in [2.75, 3.05) is 0 Å². The lowest BCUT2D eigenvalue weighted by Crippen LogP contribution is -2.35. The Kier molecular flexibility index (Phi) is 3.55. The molecule has 0 unspecified atom stereocenters. The molecule has 1 fully saturated rings. The van der Waals surface area contributed by atoms with E-state index in [0.29, 0.717) is 0 Å². The Morgan fingerprint density at radius 3 is 2.61 bits per heavy atom. The Morgan fingerprint density at radius 1 is 1.33 bits per heavy atom. The molecule has 98 valence electrons. The van der Waals surface area contributed by atoms with Crippen LogP contribution in [0.15, 0.2) is 18.2 Å². The number of carbonyl (C=O) groups excluding carboxylic acids is 1. The molecule has 0 spiro atoms. The molecule has 3 nitrogen and oxygen atoms in total. The van der Waals surface area contributed by atoms with Gasteiger partial charge < -0.3 is 14.6 Å². The predicted octanol–water partition coefficient (Wildman–Crippen LogP) is 2.29. The summed E-state index contributed by atoms with van der Waals surface area (Å²) in [7, 11) is 0. The average molecular weight is 251 g/mol. The van der Waals surface area contributed by atoms with Crippen molar-refractivity contribution >= 4 is 5.97 Å². The zero-order valence-electron chi connectivity index (χ0n) is 10.4. The third kappa shape index (κ3) is 2.81. The van der Waals surface area contributed by atoms with Crippen LogP contribution in [0.3, 0.4) is 0 Å². The van der Waals surface area contributed by atoms with Gasteiger partial charge in [-0.25, -0.2) is 4.39 Å². The van der Waals surface area contributed by atoms with Crippen LogP contribution in [-0.4, -0.2) is 11.6 Å². The summed E-state index contributed by atoms with van der Waals surface area (Å²) in [5, 5.41) is 10.7. The van der Waals surface area contributed by atoms with E-state index in [-0.39, 0.29) is 11.3 Å². The number of rotatable bonds is 3. The zero-order valence-corrected chi connectivity index (χ0v) is 10.4. The van der Waals surface area contributed by atoms with Gasteiger partial charge in [-0.2, -0.15) is 0 Å². The predicted molar refractivity (Wildman–Crippen MR) is 62.8 cm³/mol. The van der Waals surface area contributed by atoms with Crippen molar-refractivity contribution in [2.45, 2.75) is 44.6 Å². The van der Waals surface area contributed by atoms with E-state index in [2.05, 4.69) is 0 Å². The lowest BCUT2D eigenvalue weighted by molar-refractivity contribution is -0.255. The van der Waals surface area contributed by atoms with Crippen LogP contribution in [0.2, 0.25) is 0 Å². The summed E-state index contributed by atoms with van der Waals surface area (Å²) in [5.41, 5.74) is -0.463. The van der Waals surface area contributed by atoms with Crippen molar-refractivity contribution in [1.82, 2.24) is 0 Å². The molecule has 18 heavy (non-hydrogen) atoms. The number of halogens is 1. The number of carboxylic acids is 1. The topological polar surface area (TPSA) is 49.4 Å². The van der Waals surface area contributed by atoms with Crippen molar-refractivity contribution in [2.24, 2.45) is 0 Å². The van der Waals surface area contributed by atoms with Crippen molar-refractivity contribution in [3.63, 3.8) is 0 Å². The largest absolute Gasteiger partial charge is 0.545 e. The first-order valence-electron chi connectivity index (χ1n) is 6.20. The molecule has 2 rings (SSSR count). The van der Waals surface area contributed by atoms with Gasteiger partial charge in [-0.15, -0.1) is 0 Å². The van der Waals surface area contributed by atoms with E-state index in [0.717, 1.165) is 31.7 Å². The van der Waals surface area contributed by atoms with Gasteiger partial charge in [0.05, 0.1) is 5.97 Å². The Bertz CT molecular complexity index is 450. The minimum absolute atomic E-state index is 0.00102. The molecule has 0 N–H and O–H groups in total. The maximum atomic E-state index is 13.6. The highest BCUT2D eigenvalue weighted by Crippen LogP contribution is 2.33. The standard InChI is InChI=1S/C14H17FO3/c1-14(7-3-2-4-8-14)18-12-9-10(13(16)17)5-6-11(12)15/h5-6,9H,2-4,7-8H2,1H3,(H,16,17)/p-1. The molecular weight excluding hydrogens is 235 g/mol. The monoisotopic (exact) mass is 251 g/mol. The van der Waals surface area contributed by atoms with Crippen LogP contribution in [0.5, 0.6) is 5.75 Å². The SMILES string of the molecule is CC1(Oc2cc(C(=O)[O-])ccc2F)CCCCC1. The summed E-state index contributed by atoms with van der Waals surface area (Å²) in [6, 6.07) is 3.48. The molecular formula is C14H16FO3-. The van der Waals surface area contributed by atoms with Gasteiger partial charge in [0.1, 0.15) is 5.60 Å². The molecule has 1 aromatic rings. The normalized spacial score (nSPS) is 18.3. The Balaban J connectivity index is 2.22. The van der Waals surface area contributed by atoms with Crippen molar-refractivity contribution in [3.05, 3.63) is 29.6 Å². The molecule has 0 atom stereocenters. The van der Waals surface area contributed by atoms with Crippen LogP contribution in [-0.2, 0) is 0 Å². The molecule has 4 heteroatoms. The van der Waals surface area contributed by atoms with E-state index in [1.165, 1.54) is 18.6 Å². The molecule has 0 heterocycles. The molecule has 0 aromatic heterocycles. The minimum Gasteiger partial charge on any atom is -0.545 e. The lowest BCUT2D eigenvalue weighted by Gasteiger charge is -2.34. The number of hydrogen-bond acceptors (Lipinski definition) is 3. The summed E-state index contributed by atoms with van der Waals surface area (Å²) in [6.07, 6.45) is 5.00. The van der Waals surface area contributed by atoms with E-state index < -0.39 is 17.4 Å². The quantitative estimate of drug-likeness (QED) is 0.828. The highest BCUT2D eigenvalue weighted by atomic mass is 19.1. The average Bonchev–Trinajstić information content (AvgIpc) is 2.32. The van der Waals surface area contributed by atoms with Crippen LogP contribution in [0, 0.1) is 5.82 Å². The minimum atomic E-state index is -1.33. The second-order valence-electron chi connectivity index (χ2n) is 5.05. The van der Waals surface area contributed by atoms with Crippen LogP contribution >= 0.6 is 0 Å². The molecule has 0 bridgehead atoms. The molecule has 1 aromatic carbocycles. The van der Waals surface area contributed by atoms with Crippen molar-refractivity contribution in [1.29, 1.82) is 0 Å². The first-order valence-corrected chi connectivity index (χ1v) is 6.20. The maximum absolute atomic E-state index is 13.6. The van der Waals surface area contributed by atoms with Gasteiger partial charge >= 0.3 is 0 Å². The van der Waals surface area contributed by atoms with Gasteiger partial charge in [-0.3, -0.25) is 0 Å². The molecule has 0 amide bonds. The molecule has 1 aliphatic rings. The number of benzene rings is 1. The van der Waals surface area contributed by atoms with Gasteiger partial charge in [0.15, 0.2) is 11.6 Å². The van der Waals surface area contributed by atoms with Gasteiger partial charge in [0, 0.05) is 5.56 Å². The molecule has 0 saturated heterocycles. The fraction of sp³-hybridized carbons (Fsp3) is 0.500. The van der Waals surface area contributed by atoms with Gasteiger partial charge in [0.25, 0.3) is 0 Å². The summed E-state index contributed by atoms with van der Waals surface area (Å²) in [4.78, 5) is 10.7. The Labute approximate surface area is 106 Å². The number of aromatic carboxylic acids is 1. The lowest BCUT2D eigenvalue weighted by atomic mass is 9.86. The van der Waals surface area contributed by atoms with Crippen LogP contribution in [0.4, 0.5) is 4.39 Å². The van der Waals surface area contributed by atoms with Crippen LogP contribution in [0.25, 0.3) is 0 Å². The highest BCUT2D eigenvalue weighted by Gasteiger charge is 2.29. The fourth-order valence-corrected chi connectivity index (χ4v) is 2.38. The summed E-state index contributed by atoms with van der Waals surface area (Å²) >= 11 is 0. The fourth-order valence-electron chi connectivity index (χ4n) is 2.38. The molecule has 1 aliphatic carbocycles. The second-order valence-corrected chi connectivity index (χ2v) is 5.05. The maximum Gasteiger partial charge on any atom is 0.165 e. The van der Waals surface area contributed by atoms with E-state index in [1.54, 1.807) is 0 Å². The smallest absolute Gasteiger partial charge is 0.165 e. The highest BCUT2D eigenvalue weighted by molar-refractivity contribution is 5.86. The molecule has 1 saturated carbocycles. The Morgan fingerprint density at radius 2 is 2.00 bits per heavy atom. The van der Waals surface area contributed by atoms with Crippen molar-refractivity contribution in [3.8, 4) is 5.75 Å². The second kappa shape index (κ2) is 4.96. The number of ether oxygens (including phenoxy) is 1. The van der Waals surface area contributed by atoms with Crippen molar-refractivity contribution < 1.29 is 19.0 Å². The summed E-state index contributed by atoms with van der Waals surface area (Å²) in [5.74, 6) is -1.86. The van der Waals surface area contributed by atoms with Gasteiger partial charge in [0.2, 0.25) is 0 Å². The molecule has 0 aliphatic heterocycles. The van der Waals surface area contributed by atoms with Crippen LogP contribution in [0.1, 0.15) is 49.4 Å². The van der Waals surface area contributed by atoms with E-state index >= 15 is 0 Å². The first kappa shape index (κ1) is 12.9. The Hall–Kier alpha value is -1.58. The first-order chi connectivity index (χ1) is 8.50. The summed E-state index contributed by atoms with van der Waals surface area (Å²) < 4.78 is 19.3. The number of carbonyl (C=O) groups is 1. The molecule has 0 radical (unpaired) electrons. The van der Waals surface area contributed by atoms with E-state index in [9.17, 15) is 14.3 Å². The third-order valence-corrected chi connectivity index (χ3v) is 3.43. The van der Waals surface area contributed by atoms with Gasteiger partial charge in [-0.1, -0.05) is 6.42 Å². The van der Waals surface area contributed by atoms with E-state index in [4.69, 9.17) is 4.74 Å².